The van der Waals surface area contributed by atoms with Crippen molar-refractivity contribution in [3.05, 3.63) is 35.9 Å². The van der Waals surface area contributed by atoms with Gasteiger partial charge in [0.05, 0.1) is 17.5 Å². The van der Waals surface area contributed by atoms with E-state index in [1.54, 1.807) is 10.5 Å². The first-order valence-electron chi connectivity index (χ1n) is 9.39. The van der Waals surface area contributed by atoms with E-state index in [4.69, 9.17) is 9.47 Å². The molecule has 2 atom stereocenters. The number of piperidine rings is 1. The molecule has 2 unspecified atom stereocenters. The number of aromatic nitrogens is 3. The Hall–Kier alpha value is -2.26. The lowest BCUT2D eigenvalue weighted by Gasteiger charge is -2.36. The summed E-state index contributed by atoms with van der Waals surface area (Å²) in [6, 6.07) is 3.66. The Balaban J connectivity index is 1.50. The molecule has 0 amide bonds. The molecule has 0 aromatic carbocycles. The predicted octanol–water partition coefficient (Wildman–Crippen LogP) is 2.61. The molecule has 2 aliphatic rings. The normalized spacial score (nSPS) is 24.9. The number of fused-ring (bicyclic) bond motifs is 2. The Labute approximate surface area is 165 Å². The highest BCUT2D eigenvalue weighted by atomic mass is 32.2. The minimum Gasteiger partial charge on any atom is -0.474 e. The van der Waals surface area contributed by atoms with Gasteiger partial charge in [0.1, 0.15) is 12.4 Å². The molecule has 4 rings (SSSR count). The summed E-state index contributed by atoms with van der Waals surface area (Å²) in [5, 5.41) is 0. The van der Waals surface area contributed by atoms with Crippen molar-refractivity contribution in [2.24, 2.45) is 0 Å². The van der Waals surface area contributed by atoms with Gasteiger partial charge in [-0.3, -0.25) is 4.98 Å². The van der Waals surface area contributed by atoms with Crippen molar-refractivity contribution in [3.8, 4) is 17.5 Å². The molecular weight excluding hydrogens is 380 g/mol. The fourth-order valence-corrected chi connectivity index (χ4v) is 5.67. The van der Waals surface area contributed by atoms with Gasteiger partial charge in [-0.05, 0) is 38.8 Å². The van der Waals surface area contributed by atoms with Crippen LogP contribution in [0.2, 0.25) is 0 Å². The molecule has 2 aromatic heterocycles. The molecule has 2 aliphatic heterocycles. The van der Waals surface area contributed by atoms with E-state index in [0.717, 1.165) is 18.5 Å². The van der Waals surface area contributed by atoms with E-state index in [-0.39, 0.29) is 18.2 Å². The van der Waals surface area contributed by atoms with Crippen LogP contribution in [0.15, 0.2) is 24.7 Å². The van der Waals surface area contributed by atoms with Gasteiger partial charge < -0.3 is 9.47 Å². The van der Waals surface area contributed by atoms with Gasteiger partial charge in [-0.1, -0.05) is 0 Å². The molecule has 28 heavy (non-hydrogen) atoms. The van der Waals surface area contributed by atoms with Crippen LogP contribution < -0.4 is 9.47 Å². The summed E-state index contributed by atoms with van der Waals surface area (Å²) >= 11 is 0. The van der Waals surface area contributed by atoms with Crippen LogP contribution in [0.5, 0.6) is 17.5 Å². The molecule has 150 valence electrons. The van der Waals surface area contributed by atoms with E-state index < -0.39 is 10.0 Å². The number of hydrogen-bond acceptors (Lipinski definition) is 7. The predicted molar refractivity (Wildman–Crippen MR) is 103 cm³/mol. The highest BCUT2D eigenvalue weighted by Gasteiger charge is 2.46. The van der Waals surface area contributed by atoms with Crippen molar-refractivity contribution >= 4 is 10.0 Å². The van der Waals surface area contributed by atoms with E-state index in [0.29, 0.717) is 35.9 Å². The summed E-state index contributed by atoms with van der Waals surface area (Å²) in [7, 11) is -3.19. The van der Waals surface area contributed by atoms with Crippen LogP contribution in [0.3, 0.4) is 0 Å². The first-order chi connectivity index (χ1) is 13.3. The lowest BCUT2D eigenvalue weighted by atomic mass is 10.0. The van der Waals surface area contributed by atoms with E-state index in [1.807, 2.05) is 26.0 Å². The second-order valence-corrected chi connectivity index (χ2v) is 9.37. The Morgan fingerprint density at radius 3 is 2.39 bits per heavy atom. The molecule has 2 aromatic rings. The van der Waals surface area contributed by atoms with Crippen molar-refractivity contribution in [2.45, 2.75) is 57.7 Å². The molecule has 4 heterocycles. The largest absolute Gasteiger partial charge is 0.474 e. The number of pyridine rings is 1. The van der Waals surface area contributed by atoms with Crippen molar-refractivity contribution in [2.75, 3.05) is 6.26 Å². The van der Waals surface area contributed by atoms with E-state index in [2.05, 4.69) is 15.0 Å². The van der Waals surface area contributed by atoms with Crippen LogP contribution in [0.4, 0.5) is 0 Å². The molecule has 0 spiro atoms. The number of hydrogen-bond donors (Lipinski definition) is 0. The van der Waals surface area contributed by atoms with Gasteiger partial charge in [0.15, 0.2) is 5.75 Å². The van der Waals surface area contributed by atoms with Gasteiger partial charge in [0.2, 0.25) is 21.8 Å². The zero-order valence-corrected chi connectivity index (χ0v) is 17.0. The average molecular weight is 404 g/mol. The molecule has 2 saturated heterocycles. The zero-order valence-electron chi connectivity index (χ0n) is 16.2. The average Bonchev–Trinajstić information content (AvgIpc) is 2.92. The third-order valence-corrected chi connectivity index (χ3v) is 6.80. The zero-order chi connectivity index (χ0) is 19.9. The molecule has 8 nitrogen and oxygen atoms in total. The lowest BCUT2D eigenvalue weighted by molar-refractivity contribution is 0.0911. The molecule has 9 heteroatoms. The van der Waals surface area contributed by atoms with Gasteiger partial charge >= 0.3 is 0 Å². The Morgan fingerprint density at radius 2 is 1.75 bits per heavy atom. The smallest absolute Gasteiger partial charge is 0.229 e. The van der Waals surface area contributed by atoms with Crippen LogP contribution in [-0.2, 0) is 10.0 Å². The van der Waals surface area contributed by atoms with Crippen LogP contribution >= 0.6 is 0 Å². The maximum absolute atomic E-state index is 12.1. The molecule has 2 fully saturated rings. The van der Waals surface area contributed by atoms with Gasteiger partial charge in [-0.25, -0.2) is 18.4 Å². The first kappa shape index (κ1) is 19.1. The second-order valence-electron chi connectivity index (χ2n) is 7.49. The van der Waals surface area contributed by atoms with Crippen LogP contribution in [0.1, 0.15) is 36.9 Å². The van der Waals surface area contributed by atoms with E-state index >= 15 is 0 Å². The minimum absolute atomic E-state index is 0.00894. The third-order valence-electron chi connectivity index (χ3n) is 5.44. The lowest BCUT2D eigenvalue weighted by Crippen LogP contribution is -2.48. The molecule has 0 aliphatic carbocycles. The molecule has 0 N–H and O–H groups in total. The number of aryl methyl sites for hydroxylation is 1. The van der Waals surface area contributed by atoms with Crippen molar-refractivity contribution in [1.82, 2.24) is 19.3 Å². The Kier molecular flexibility index (Phi) is 4.96. The van der Waals surface area contributed by atoms with Crippen molar-refractivity contribution < 1.29 is 17.9 Å². The van der Waals surface area contributed by atoms with Gasteiger partial charge in [0, 0.05) is 31.1 Å². The van der Waals surface area contributed by atoms with Gasteiger partial charge in [-0.15, -0.1) is 0 Å². The standard InChI is InChI=1S/C19H24N4O4S/c1-12-18(21-11-22-19(12)27-17-5-4-8-20-13(17)2)26-16-9-14-6-7-15(10-16)23(14)28(3,24)25/h4-5,8,11,14-16H,6-7,9-10H2,1-3H3. The summed E-state index contributed by atoms with van der Waals surface area (Å²) in [6.45, 7) is 3.73. The van der Waals surface area contributed by atoms with Crippen molar-refractivity contribution in [1.29, 1.82) is 0 Å². The molecular formula is C19H24N4O4S. The first-order valence-corrected chi connectivity index (χ1v) is 11.2. The third kappa shape index (κ3) is 3.68. The monoisotopic (exact) mass is 404 g/mol. The minimum atomic E-state index is -3.19. The molecule has 2 bridgehead atoms. The summed E-state index contributed by atoms with van der Waals surface area (Å²) in [6.07, 6.45) is 7.46. The Morgan fingerprint density at radius 1 is 1.07 bits per heavy atom. The van der Waals surface area contributed by atoms with Crippen LogP contribution in [0, 0.1) is 13.8 Å². The van der Waals surface area contributed by atoms with Gasteiger partial charge in [-0.2, -0.15) is 4.31 Å². The molecule has 0 radical (unpaired) electrons. The maximum Gasteiger partial charge on any atom is 0.229 e. The van der Waals surface area contributed by atoms with Gasteiger partial charge in [0.25, 0.3) is 0 Å². The van der Waals surface area contributed by atoms with Crippen LogP contribution in [0.25, 0.3) is 0 Å². The highest BCUT2D eigenvalue weighted by molar-refractivity contribution is 7.88. The van der Waals surface area contributed by atoms with E-state index in [1.165, 1.54) is 12.6 Å². The summed E-state index contributed by atoms with van der Waals surface area (Å²) < 4.78 is 37.8. The van der Waals surface area contributed by atoms with Crippen molar-refractivity contribution in [3.63, 3.8) is 0 Å². The number of sulfonamides is 1. The van der Waals surface area contributed by atoms with E-state index in [9.17, 15) is 8.42 Å². The fourth-order valence-electron chi connectivity index (χ4n) is 4.20. The highest BCUT2D eigenvalue weighted by Crippen LogP contribution is 2.39. The SMILES string of the molecule is Cc1ncccc1Oc1ncnc(OC2CC3CCC(C2)N3S(C)(=O)=O)c1C. The number of nitrogens with zero attached hydrogens (tertiary/aromatic N) is 4. The summed E-state index contributed by atoms with van der Waals surface area (Å²) in [4.78, 5) is 12.7. The summed E-state index contributed by atoms with van der Waals surface area (Å²) in [5.41, 5.74) is 1.48. The van der Waals surface area contributed by atoms with Crippen LogP contribution in [-0.4, -0.2) is 52.1 Å². The maximum atomic E-state index is 12.1. The second kappa shape index (κ2) is 7.29. The Bertz CT molecular complexity index is 968. The quantitative estimate of drug-likeness (QED) is 0.756. The molecule has 0 saturated carbocycles. The number of rotatable bonds is 5. The summed E-state index contributed by atoms with van der Waals surface area (Å²) in [5.74, 6) is 1.54. The number of ether oxygens (including phenoxy) is 2. The topological polar surface area (TPSA) is 94.5 Å². The fraction of sp³-hybridized carbons (Fsp3) is 0.526.